The molecule has 4 heteroatoms. The molecule has 0 saturated heterocycles. The summed E-state index contributed by atoms with van der Waals surface area (Å²) < 4.78 is 6.52. The lowest BCUT2D eigenvalue weighted by atomic mass is 10.1. The molecule has 0 aromatic heterocycles. The van der Waals surface area contributed by atoms with Crippen molar-refractivity contribution in [1.82, 2.24) is 0 Å². The molecular formula is C18H20BrNO2. The second kappa shape index (κ2) is 7.45. The Hall–Kier alpha value is -1.81. The number of nitrogens with one attached hydrogen (secondary N) is 1. The quantitative estimate of drug-likeness (QED) is 0.803. The van der Waals surface area contributed by atoms with E-state index < -0.39 is 0 Å². The maximum Gasteiger partial charge on any atom is 0.259 e. The summed E-state index contributed by atoms with van der Waals surface area (Å²) in [5.41, 5.74) is 3.58. The molecule has 0 heterocycles. The van der Waals surface area contributed by atoms with E-state index in [4.69, 9.17) is 4.74 Å². The SMILES string of the molecule is CCCOc1ccc(Br)cc1C(=O)Nc1cccc(C)c1C. The van der Waals surface area contributed by atoms with Gasteiger partial charge in [0.05, 0.1) is 12.2 Å². The van der Waals surface area contributed by atoms with Crippen molar-refractivity contribution in [1.29, 1.82) is 0 Å². The number of carbonyl (C=O) groups is 1. The lowest BCUT2D eigenvalue weighted by molar-refractivity contribution is 0.102. The van der Waals surface area contributed by atoms with Crippen LogP contribution in [0.1, 0.15) is 34.8 Å². The number of anilines is 1. The van der Waals surface area contributed by atoms with Crippen molar-refractivity contribution >= 4 is 27.5 Å². The third-order valence-corrected chi connectivity index (χ3v) is 3.99. The van der Waals surface area contributed by atoms with Crippen molar-refractivity contribution in [3.8, 4) is 5.75 Å². The van der Waals surface area contributed by atoms with Crippen LogP contribution in [0.5, 0.6) is 5.75 Å². The van der Waals surface area contributed by atoms with Gasteiger partial charge in [-0.2, -0.15) is 0 Å². The van der Waals surface area contributed by atoms with E-state index in [1.54, 1.807) is 6.07 Å². The van der Waals surface area contributed by atoms with E-state index in [0.29, 0.717) is 17.9 Å². The summed E-state index contributed by atoms with van der Waals surface area (Å²) in [7, 11) is 0. The minimum Gasteiger partial charge on any atom is -0.493 e. The van der Waals surface area contributed by atoms with Gasteiger partial charge in [-0.15, -0.1) is 0 Å². The molecule has 1 amide bonds. The van der Waals surface area contributed by atoms with E-state index in [9.17, 15) is 4.79 Å². The maximum atomic E-state index is 12.6. The molecule has 1 N–H and O–H groups in total. The molecule has 2 aromatic carbocycles. The summed E-state index contributed by atoms with van der Waals surface area (Å²) in [4.78, 5) is 12.6. The van der Waals surface area contributed by atoms with Crippen LogP contribution in [0, 0.1) is 13.8 Å². The van der Waals surface area contributed by atoms with Gasteiger partial charge in [0.2, 0.25) is 0 Å². The Labute approximate surface area is 139 Å². The van der Waals surface area contributed by atoms with Crippen LogP contribution in [0.15, 0.2) is 40.9 Å². The number of carbonyl (C=O) groups excluding carboxylic acids is 1. The second-order valence-electron chi connectivity index (χ2n) is 5.19. The van der Waals surface area contributed by atoms with E-state index >= 15 is 0 Å². The first-order valence-corrected chi connectivity index (χ1v) is 8.12. The fourth-order valence-electron chi connectivity index (χ4n) is 2.09. The Bertz CT molecular complexity index is 683. The molecule has 0 spiro atoms. The number of aryl methyl sites for hydroxylation is 1. The third-order valence-electron chi connectivity index (χ3n) is 3.50. The standard InChI is InChI=1S/C18H20BrNO2/c1-4-10-22-17-9-8-14(19)11-15(17)18(21)20-16-7-5-6-12(2)13(16)3/h5-9,11H,4,10H2,1-3H3,(H,20,21). The van der Waals surface area contributed by atoms with Crippen LogP contribution in [0.3, 0.4) is 0 Å². The van der Waals surface area contributed by atoms with Gasteiger partial charge in [0, 0.05) is 10.2 Å². The van der Waals surface area contributed by atoms with Gasteiger partial charge in [-0.3, -0.25) is 4.79 Å². The summed E-state index contributed by atoms with van der Waals surface area (Å²) in [5.74, 6) is 0.439. The highest BCUT2D eigenvalue weighted by molar-refractivity contribution is 9.10. The van der Waals surface area contributed by atoms with Gasteiger partial charge in [-0.1, -0.05) is 35.0 Å². The van der Waals surface area contributed by atoms with Crippen molar-refractivity contribution in [2.24, 2.45) is 0 Å². The number of amides is 1. The van der Waals surface area contributed by atoms with E-state index in [2.05, 4.69) is 21.2 Å². The highest BCUT2D eigenvalue weighted by Gasteiger charge is 2.14. The molecule has 2 rings (SSSR count). The molecule has 0 atom stereocenters. The Kier molecular flexibility index (Phi) is 5.61. The molecule has 0 unspecified atom stereocenters. The van der Waals surface area contributed by atoms with Crippen LogP contribution >= 0.6 is 15.9 Å². The van der Waals surface area contributed by atoms with Gasteiger partial charge in [0.15, 0.2) is 0 Å². The molecule has 0 aliphatic heterocycles. The van der Waals surface area contributed by atoms with Crippen molar-refractivity contribution in [3.05, 3.63) is 57.6 Å². The third kappa shape index (κ3) is 3.89. The number of benzene rings is 2. The van der Waals surface area contributed by atoms with Crippen LogP contribution in [0.4, 0.5) is 5.69 Å². The van der Waals surface area contributed by atoms with E-state index in [-0.39, 0.29) is 5.91 Å². The van der Waals surface area contributed by atoms with Gasteiger partial charge in [-0.05, 0) is 55.7 Å². The smallest absolute Gasteiger partial charge is 0.259 e. The van der Waals surface area contributed by atoms with E-state index in [1.807, 2.05) is 51.1 Å². The normalized spacial score (nSPS) is 10.4. The highest BCUT2D eigenvalue weighted by Crippen LogP contribution is 2.26. The number of hydrogen-bond acceptors (Lipinski definition) is 2. The Morgan fingerprint density at radius 1 is 1.23 bits per heavy atom. The number of hydrogen-bond donors (Lipinski definition) is 1. The first kappa shape index (κ1) is 16.6. The summed E-state index contributed by atoms with van der Waals surface area (Å²) in [6.45, 7) is 6.65. The molecule has 116 valence electrons. The number of halogens is 1. The Morgan fingerprint density at radius 3 is 2.73 bits per heavy atom. The molecular weight excluding hydrogens is 342 g/mol. The first-order valence-electron chi connectivity index (χ1n) is 7.33. The largest absolute Gasteiger partial charge is 0.493 e. The van der Waals surface area contributed by atoms with Gasteiger partial charge in [-0.25, -0.2) is 0 Å². The Balaban J connectivity index is 2.28. The molecule has 0 aliphatic rings. The molecule has 22 heavy (non-hydrogen) atoms. The molecule has 0 bridgehead atoms. The maximum absolute atomic E-state index is 12.6. The molecule has 0 fully saturated rings. The summed E-state index contributed by atoms with van der Waals surface area (Å²) in [5, 5.41) is 2.97. The van der Waals surface area contributed by atoms with Gasteiger partial charge < -0.3 is 10.1 Å². The molecule has 0 aliphatic carbocycles. The van der Waals surface area contributed by atoms with Crippen molar-refractivity contribution in [2.75, 3.05) is 11.9 Å². The molecule has 3 nitrogen and oxygen atoms in total. The average molecular weight is 362 g/mol. The lowest BCUT2D eigenvalue weighted by Gasteiger charge is -2.14. The lowest BCUT2D eigenvalue weighted by Crippen LogP contribution is -2.15. The fourth-order valence-corrected chi connectivity index (χ4v) is 2.45. The van der Waals surface area contributed by atoms with Crippen LogP contribution in [-0.2, 0) is 0 Å². The van der Waals surface area contributed by atoms with Crippen molar-refractivity contribution in [3.63, 3.8) is 0 Å². The number of rotatable bonds is 5. The average Bonchev–Trinajstić information content (AvgIpc) is 2.50. The summed E-state index contributed by atoms with van der Waals surface area (Å²) in [6, 6.07) is 11.3. The monoisotopic (exact) mass is 361 g/mol. The minimum atomic E-state index is -0.166. The zero-order chi connectivity index (χ0) is 16.1. The van der Waals surface area contributed by atoms with E-state index in [0.717, 1.165) is 27.7 Å². The fraction of sp³-hybridized carbons (Fsp3) is 0.278. The van der Waals surface area contributed by atoms with Crippen LogP contribution in [-0.4, -0.2) is 12.5 Å². The van der Waals surface area contributed by atoms with Crippen LogP contribution in [0.25, 0.3) is 0 Å². The second-order valence-corrected chi connectivity index (χ2v) is 6.11. The van der Waals surface area contributed by atoms with Crippen LogP contribution < -0.4 is 10.1 Å². The molecule has 2 aromatic rings. The van der Waals surface area contributed by atoms with Gasteiger partial charge >= 0.3 is 0 Å². The topological polar surface area (TPSA) is 38.3 Å². The first-order chi connectivity index (χ1) is 10.5. The molecule has 0 saturated carbocycles. The Morgan fingerprint density at radius 2 is 2.00 bits per heavy atom. The molecule has 0 radical (unpaired) electrons. The highest BCUT2D eigenvalue weighted by atomic mass is 79.9. The predicted octanol–water partition coefficient (Wildman–Crippen LogP) is 5.11. The summed E-state index contributed by atoms with van der Waals surface area (Å²) >= 11 is 3.41. The number of ether oxygens (including phenoxy) is 1. The summed E-state index contributed by atoms with van der Waals surface area (Å²) in [6.07, 6.45) is 0.897. The van der Waals surface area contributed by atoms with Crippen LogP contribution in [0.2, 0.25) is 0 Å². The van der Waals surface area contributed by atoms with E-state index in [1.165, 1.54) is 0 Å². The zero-order valence-corrected chi connectivity index (χ0v) is 14.7. The zero-order valence-electron chi connectivity index (χ0n) is 13.1. The van der Waals surface area contributed by atoms with Gasteiger partial charge in [0.1, 0.15) is 5.75 Å². The van der Waals surface area contributed by atoms with Crippen molar-refractivity contribution in [2.45, 2.75) is 27.2 Å². The van der Waals surface area contributed by atoms with Crippen molar-refractivity contribution < 1.29 is 9.53 Å². The predicted molar refractivity (Wildman–Crippen MR) is 93.8 cm³/mol. The minimum absolute atomic E-state index is 0.166. The van der Waals surface area contributed by atoms with Gasteiger partial charge in [0.25, 0.3) is 5.91 Å².